The number of aryl methyl sites for hydroxylation is 3. The van der Waals surface area contributed by atoms with E-state index in [0.717, 1.165) is 39.3 Å². The summed E-state index contributed by atoms with van der Waals surface area (Å²) in [6, 6.07) is 15.9. The molecule has 0 bridgehead atoms. The van der Waals surface area contributed by atoms with Gasteiger partial charge in [0.2, 0.25) is 0 Å². The number of ether oxygens (including phenoxy) is 1. The first-order chi connectivity index (χ1) is 12.6. The van der Waals surface area contributed by atoms with E-state index >= 15 is 0 Å². The van der Waals surface area contributed by atoms with Crippen LogP contribution in [-0.2, 0) is 0 Å². The fourth-order valence-electron chi connectivity index (χ4n) is 2.89. The van der Waals surface area contributed by atoms with Crippen LogP contribution >= 0.6 is 0 Å². The van der Waals surface area contributed by atoms with Crippen LogP contribution in [0.3, 0.4) is 0 Å². The average molecular weight is 341 g/mol. The zero-order valence-corrected chi connectivity index (χ0v) is 15.0. The van der Waals surface area contributed by atoms with E-state index in [4.69, 9.17) is 9.72 Å². The van der Waals surface area contributed by atoms with Crippen molar-refractivity contribution in [3.05, 3.63) is 77.7 Å². The van der Waals surface area contributed by atoms with Gasteiger partial charge in [0.25, 0.3) is 0 Å². The van der Waals surface area contributed by atoms with Crippen LogP contribution in [0.1, 0.15) is 16.8 Å². The molecule has 26 heavy (non-hydrogen) atoms. The molecule has 0 N–H and O–H groups in total. The quantitative estimate of drug-likeness (QED) is 0.500. The van der Waals surface area contributed by atoms with Gasteiger partial charge in [-0.2, -0.15) is 0 Å². The van der Waals surface area contributed by atoms with Crippen LogP contribution in [0.5, 0.6) is 11.5 Å². The molecule has 0 aliphatic heterocycles. The SMILES string of the molecule is Cc1ccc2nccc(Oc3cc(C)c(C)nc3-c3ccccn3)c2c1. The van der Waals surface area contributed by atoms with E-state index in [1.807, 2.05) is 50.2 Å². The first-order valence-corrected chi connectivity index (χ1v) is 8.55. The molecule has 4 aromatic rings. The highest BCUT2D eigenvalue weighted by Crippen LogP contribution is 2.35. The third-order valence-electron chi connectivity index (χ3n) is 4.42. The summed E-state index contributed by atoms with van der Waals surface area (Å²) >= 11 is 0. The monoisotopic (exact) mass is 341 g/mol. The summed E-state index contributed by atoms with van der Waals surface area (Å²) < 4.78 is 6.33. The Bertz CT molecular complexity index is 1090. The Kier molecular flexibility index (Phi) is 4.09. The number of nitrogens with zero attached hydrogens (tertiary/aromatic N) is 3. The first kappa shape index (κ1) is 16.2. The fraction of sp³-hybridized carbons (Fsp3) is 0.136. The molecule has 4 nitrogen and oxygen atoms in total. The third-order valence-corrected chi connectivity index (χ3v) is 4.42. The van der Waals surface area contributed by atoms with Gasteiger partial charge in [0.15, 0.2) is 5.75 Å². The summed E-state index contributed by atoms with van der Waals surface area (Å²) in [5.74, 6) is 1.46. The van der Waals surface area contributed by atoms with Crippen molar-refractivity contribution in [1.29, 1.82) is 0 Å². The van der Waals surface area contributed by atoms with Crippen LogP contribution in [0, 0.1) is 20.8 Å². The molecule has 4 rings (SSSR count). The van der Waals surface area contributed by atoms with Gasteiger partial charge in [0.1, 0.15) is 11.4 Å². The topological polar surface area (TPSA) is 47.9 Å². The lowest BCUT2D eigenvalue weighted by Gasteiger charge is -2.14. The Morgan fingerprint density at radius 3 is 2.50 bits per heavy atom. The van der Waals surface area contributed by atoms with Gasteiger partial charge in [-0.15, -0.1) is 0 Å². The maximum atomic E-state index is 6.33. The minimum atomic E-state index is 0.695. The highest BCUT2D eigenvalue weighted by molar-refractivity contribution is 5.86. The first-order valence-electron chi connectivity index (χ1n) is 8.55. The molecule has 0 spiro atoms. The summed E-state index contributed by atoms with van der Waals surface area (Å²) in [4.78, 5) is 13.6. The molecule has 0 amide bonds. The molecule has 0 fully saturated rings. The number of hydrogen-bond acceptors (Lipinski definition) is 4. The molecule has 0 aliphatic carbocycles. The van der Waals surface area contributed by atoms with Crippen molar-refractivity contribution in [2.75, 3.05) is 0 Å². The van der Waals surface area contributed by atoms with Gasteiger partial charge in [-0.25, -0.2) is 4.98 Å². The second-order valence-electron chi connectivity index (χ2n) is 6.38. The van der Waals surface area contributed by atoms with Crippen molar-refractivity contribution in [3.63, 3.8) is 0 Å². The fourth-order valence-corrected chi connectivity index (χ4v) is 2.89. The largest absolute Gasteiger partial charge is 0.454 e. The standard InChI is InChI=1S/C22H19N3O/c1-14-7-8-18-17(12-14)20(9-11-24-18)26-21-13-15(2)16(3)25-22(21)19-6-4-5-10-23-19/h4-13H,1-3H3. The predicted octanol–water partition coefficient (Wildman–Crippen LogP) is 5.41. The van der Waals surface area contributed by atoms with Gasteiger partial charge in [-0.3, -0.25) is 9.97 Å². The molecule has 3 aromatic heterocycles. The number of fused-ring (bicyclic) bond motifs is 1. The third kappa shape index (κ3) is 3.02. The summed E-state index contributed by atoms with van der Waals surface area (Å²) in [6.45, 7) is 6.09. The Balaban J connectivity index is 1.87. The minimum absolute atomic E-state index is 0.695. The van der Waals surface area contributed by atoms with Crippen LogP contribution in [0.15, 0.2) is 60.9 Å². The predicted molar refractivity (Wildman–Crippen MR) is 103 cm³/mol. The molecule has 0 saturated carbocycles. The molecule has 0 aliphatic rings. The lowest BCUT2D eigenvalue weighted by atomic mass is 10.1. The van der Waals surface area contributed by atoms with E-state index in [9.17, 15) is 0 Å². The van der Waals surface area contributed by atoms with E-state index in [1.54, 1.807) is 12.4 Å². The van der Waals surface area contributed by atoms with Crippen molar-refractivity contribution in [2.45, 2.75) is 20.8 Å². The molecular weight excluding hydrogens is 322 g/mol. The van der Waals surface area contributed by atoms with E-state index in [0.29, 0.717) is 5.75 Å². The molecule has 4 heteroatoms. The lowest BCUT2D eigenvalue weighted by molar-refractivity contribution is 0.486. The van der Waals surface area contributed by atoms with Crippen LogP contribution in [0.2, 0.25) is 0 Å². The van der Waals surface area contributed by atoms with Gasteiger partial charge < -0.3 is 4.74 Å². The van der Waals surface area contributed by atoms with E-state index < -0.39 is 0 Å². The maximum absolute atomic E-state index is 6.33. The Hall–Kier alpha value is -3.27. The van der Waals surface area contributed by atoms with E-state index in [1.165, 1.54) is 5.56 Å². The van der Waals surface area contributed by atoms with Crippen LogP contribution in [0.4, 0.5) is 0 Å². The Labute approximate surface area is 152 Å². The highest BCUT2D eigenvalue weighted by atomic mass is 16.5. The smallest absolute Gasteiger partial charge is 0.155 e. The van der Waals surface area contributed by atoms with Crippen molar-refractivity contribution in [3.8, 4) is 22.9 Å². The van der Waals surface area contributed by atoms with Crippen LogP contribution < -0.4 is 4.74 Å². The van der Waals surface area contributed by atoms with Gasteiger partial charge in [0.05, 0.1) is 11.2 Å². The number of rotatable bonds is 3. The number of benzene rings is 1. The minimum Gasteiger partial charge on any atom is -0.454 e. The lowest BCUT2D eigenvalue weighted by Crippen LogP contribution is -1.98. The number of pyridine rings is 3. The van der Waals surface area contributed by atoms with Crippen molar-refractivity contribution in [1.82, 2.24) is 15.0 Å². The maximum Gasteiger partial charge on any atom is 0.155 e. The number of hydrogen-bond donors (Lipinski definition) is 0. The summed E-state index contributed by atoms with van der Waals surface area (Å²) in [6.07, 6.45) is 3.53. The summed E-state index contributed by atoms with van der Waals surface area (Å²) in [5, 5.41) is 0.984. The van der Waals surface area contributed by atoms with Gasteiger partial charge in [-0.1, -0.05) is 17.7 Å². The summed E-state index contributed by atoms with van der Waals surface area (Å²) in [7, 11) is 0. The number of aromatic nitrogens is 3. The van der Waals surface area contributed by atoms with Gasteiger partial charge in [0, 0.05) is 23.5 Å². The Morgan fingerprint density at radius 2 is 1.69 bits per heavy atom. The average Bonchev–Trinajstić information content (AvgIpc) is 2.65. The zero-order valence-electron chi connectivity index (χ0n) is 15.0. The Morgan fingerprint density at radius 1 is 0.808 bits per heavy atom. The molecule has 0 radical (unpaired) electrons. The normalized spacial score (nSPS) is 10.9. The molecule has 0 saturated heterocycles. The van der Waals surface area contributed by atoms with Crippen LogP contribution in [0.25, 0.3) is 22.3 Å². The van der Waals surface area contributed by atoms with Gasteiger partial charge >= 0.3 is 0 Å². The zero-order chi connectivity index (χ0) is 18.1. The van der Waals surface area contributed by atoms with Crippen LogP contribution in [-0.4, -0.2) is 15.0 Å². The second kappa shape index (κ2) is 6.56. The molecule has 1 aromatic carbocycles. The van der Waals surface area contributed by atoms with Crippen molar-refractivity contribution in [2.24, 2.45) is 0 Å². The van der Waals surface area contributed by atoms with Crippen molar-refractivity contribution < 1.29 is 4.74 Å². The molecule has 0 atom stereocenters. The van der Waals surface area contributed by atoms with Gasteiger partial charge in [-0.05, 0) is 62.7 Å². The summed E-state index contributed by atoms with van der Waals surface area (Å²) in [5.41, 5.74) is 5.65. The highest BCUT2D eigenvalue weighted by Gasteiger charge is 2.14. The van der Waals surface area contributed by atoms with Crippen molar-refractivity contribution >= 4 is 10.9 Å². The van der Waals surface area contributed by atoms with E-state index in [2.05, 4.69) is 29.0 Å². The van der Waals surface area contributed by atoms with E-state index in [-0.39, 0.29) is 0 Å². The molecular formula is C22H19N3O. The second-order valence-corrected chi connectivity index (χ2v) is 6.38. The molecule has 3 heterocycles. The molecule has 0 unspecified atom stereocenters. The molecule has 128 valence electrons.